The van der Waals surface area contributed by atoms with Crippen LogP contribution in [0.2, 0.25) is 5.02 Å². The standard InChI is InChI=1S/C24H16ClN3O2/c25-17-9-11-18(12-10-17)26-24(29)28-23-19(13-16-6-2-4-8-22(16)30-23)21-14-15-5-1-3-7-20(15)27-21/h1-14,27H,(H,26,29). The molecule has 0 fully saturated rings. The first kappa shape index (κ1) is 18.2. The van der Waals surface area contributed by atoms with Crippen LogP contribution in [0.25, 0.3) is 33.1 Å². The highest BCUT2D eigenvalue weighted by molar-refractivity contribution is 6.30. The highest BCUT2D eigenvalue weighted by Crippen LogP contribution is 2.24. The zero-order valence-electron chi connectivity index (χ0n) is 15.7. The maximum absolute atomic E-state index is 12.6. The van der Waals surface area contributed by atoms with Crippen molar-refractivity contribution >= 4 is 45.2 Å². The first-order valence-corrected chi connectivity index (χ1v) is 9.76. The van der Waals surface area contributed by atoms with Crippen LogP contribution in [-0.2, 0) is 0 Å². The first-order chi connectivity index (χ1) is 14.7. The summed E-state index contributed by atoms with van der Waals surface area (Å²) in [5, 5.41) is 5.32. The number of para-hydroxylation sites is 2. The van der Waals surface area contributed by atoms with E-state index < -0.39 is 6.03 Å². The van der Waals surface area contributed by atoms with Gasteiger partial charge in [0.15, 0.2) is 0 Å². The number of H-pyrrole nitrogens is 1. The van der Waals surface area contributed by atoms with Crippen molar-refractivity contribution in [2.24, 2.45) is 4.99 Å². The smallest absolute Gasteiger partial charge is 0.348 e. The van der Waals surface area contributed by atoms with Gasteiger partial charge < -0.3 is 14.7 Å². The Morgan fingerprint density at radius 1 is 0.900 bits per heavy atom. The highest BCUT2D eigenvalue weighted by Gasteiger charge is 2.11. The Bertz CT molecular complexity index is 1420. The number of aromatic nitrogens is 1. The third-order valence-corrected chi connectivity index (χ3v) is 5.03. The third kappa shape index (κ3) is 3.58. The van der Waals surface area contributed by atoms with E-state index in [2.05, 4.69) is 15.3 Å². The summed E-state index contributed by atoms with van der Waals surface area (Å²) in [6, 6.07) is 25.9. The van der Waals surface area contributed by atoms with Gasteiger partial charge in [0.25, 0.3) is 0 Å². The number of hydrogen-bond donors (Lipinski definition) is 2. The summed E-state index contributed by atoms with van der Waals surface area (Å²) < 4.78 is 6.00. The number of amides is 2. The Morgan fingerprint density at radius 2 is 1.63 bits per heavy atom. The van der Waals surface area contributed by atoms with E-state index in [4.69, 9.17) is 16.0 Å². The lowest BCUT2D eigenvalue weighted by Gasteiger charge is -2.04. The minimum Gasteiger partial charge on any atom is -0.438 e. The van der Waals surface area contributed by atoms with E-state index in [-0.39, 0.29) is 5.55 Å². The number of rotatable bonds is 2. The van der Waals surface area contributed by atoms with Gasteiger partial charge in [0.1, 0.15) is 5.58 Å². The molecule has 0 atom stereocenters. The summed E-state index contributed by atoms with van der Waals surface area (Å²) in [6.07, 6.45) is 0. The molecule has 0 saturated carbocycles. The largest absolute Gasteiger partial charge is 0.438 e. The van der Waals surface area contributed by atoms with E-state index in [0.29, 0.717) is 21.9 Å². The van der Waals surface area contributed by atoms with Crippen LogP contribution in [0.1, 0.15) is 0 Å². The van der Waals surface area contributed by atoms with Gasteiger partial charge in [0.2, 0.25) is 5.55 Å². The van der Waals surface area contributed by atoms with Gasteiger partial charge in [-0.05, 0) is 48.5 Å². The predicted molar refractivity (Wildman–Crippen MR) is 120 cm³/mol. The fourth-order valence-corrected chi connectivity index (χ4v) is 3.47. The lowest BCUT2D eigenvalue weighted by atomic mass is 10.1. The summed E-state index contributed by atoms with van der Waals surface area (Å²) in [5.41, 5.74) is 4.00. The van der Waals surface area contributed by atoms with Gasteiger partial charge in [0.05, 0.1) is 11.3 Å². The number of carbonyl (C=O) groups is 1. The summed E-state index contributed by atoms with van der Waals surface area (Å²) in [4.78, 5) is 20.2. The van der Waals surface area contributed by atoms with Crippen molar-refractivity contribution in [1.82, 2.24) is 4.98 Å². The quantitative estimate of drug-likeness (QED) is 0.353. The van der Waals surface area contributed by atoms with Gasteiger partial charge in [0, 0.05) is 27.0 Å². The third-order valence-electron chi connectivity index (χ3n) is 4.77. The van der Waals surface area contributed by atoms with Crippen LogP contribution >= 0.6 is 11.6 Å². The average Bonchev–Trinajstić information content (AvgIpc) is 3.19. The summed E-state index contributed by atoms with van der Waals surface area (Å²) in [7, 11) is 0. The fraction of sp³-hybridized carbons (Fsp3) is 0. The number of urea groups is 1. The maximum Gasteiger partial charge on any atom is 0.348 e. The molecule has 0 bridgehead atoms. The zero-order chi connectivity index (χ0) is 20.5. The summed E-state index contributed by atoms with van der Waals surface area (Å²) in [6.45, 7) is 0. The molecule has 5 rings (SSSR count). The van der Waals surface area contributed by atoms with Gasteiger partial charge in [-0.1, -0.05) is 48.0 Å². The van der Waals surface area contributed by atoms with E-state index in [1.54, 1.807) is 24.3 Å². The Balaban J connectivity index is 1.63. The van der Waals surface area contributed by atoms with Crippen molar-refractivity contribution in [3.8, 4) is 11.3 Å². The van der Waals surface area contributed by atoms with Crippen molar-refractivity contribution < 1.29 is 9.21 Å². The predicted octanol–water partition coefficient (Wildman–Crippen LogP) is 6.37. The molecular formula is C24H16ClN3O2. The van der Waals surface area contributed by atoms with E-state index >= 15 is 0 Å². The summed E-state index contributed by atoms with van der Waals surface area (Å²) >= 11 is 5.90. The van der Waals surface area contributed by atoms with Crippen LogP contribution in [-0.4, -0.2) is 11.0 Å². The Labute approximate surface area is 176 Å². The van der Waals surface area contributed by atoms with E-state index in [0.717, 1.165) is 22.0 Å². The SMILES string of the molecule is O=C(N=c1oc2ccccc2cc1-c1cc2ccccc2[nH]1)Nc1ccc(Cl)cc1. The van der Waals surface area contributed by atoms with Gasteiger partial charge in [-0.2, -0.15) is 4.99 Å². The zero-order valence-corrected chi connectivity index (χ0v) is 16.5. The fourth-order valence-electron chi connectivity index (χ4n) is 3.34. The molecule has 2 heterocycles. The topological polar surface area (TPSA) is 70.4 Å². The minimum atomic E-state index is -0.534. The lowest BCUT2D eigenvalue weighted by Crippen LogP contribution is -2.14. The Hall–Kier alpha value is -3.83. The van der Waals surface area contributed by atoms with Crippen molar-refractivity contribution in [1.29, 1.82) is 0 Å². The molecular weight excluding hydrogens is 398 g/mol. The molecule has 0 radical (unpaired) electrons. The molecule has 0 saturated heterocycles. The molecule has 30 heavy (non-hydrogen) atoms. The lowest BCUT2D eigenvalue weighted by molar-refractivity contribution is 0.258. The van der Waals surface area contributed by atoms with Crippen LogP contribution in [0.15, 0.2) is 94.3 Å². The molecule has 146 valence electrons. The molecule has 0 aliphatic rings. The molecule has 2 N–H and O–H groups in total. The number of carbonyl (C=O) groups excluding carboxylic acids is 1. The average molecular weight is 414 g/mol. The second-order valence-electron chi connectivity index (χ2n) is 6.82. The minimum absolute atomic E-state index is 0.228. The van der Waals surface area contributed by atoms with E-state index in [1.807, 2.05) is 60.7 Å². The van der Waals surface area contributed by atoms with Crippen LogP contribution in [0.3, 0.4) is 0 Å². The molecule has 2 aromatic heterocycles. The molecule has 0 unspecified atom stereocenters. The normalized spacial score (nSPS) is 11.8. The second-order valence-corrected chi connectivity index (χ2v) is 7.26. The molecule has 5 aromatic rings. The number of benzene rings is 3. The number of nitrogens with zero attached hydrogens (tertiary/aromatic N) is 1. The molecule has 6 heteroatoms. The summed E-state index contributed by atoms with van der Waals surface area (Å²) in [5.74, 6) is 0. The first-order valence-electron chi connectivity index (χ1n) is 9.38. The monoisotopic (exact) mass is 413 g/mol. The van der Waals surface area contributed by atoms with Crippen molar-refractivity contribution in [2.45, 2.75) is 0 Å². The number of fused-ring (bicyclic) bond motifs is 2. The number of hydrogen-bond acceptors (Lipinski definition) is 2. The molecule has 2 amide bonds. The van der Waals surface area contributed by atoms with Gasteiger partial charge in [-0.3, -0.25) is 0 Å². The molecule has 3 aromatic carbocycles. The van der Waals surface area contributed by atoms with Crippen LogP contribution in [0, 0.1) is 0 Å². The van der Waals surface area contributed by atoms with Crippen molar-refractivity contribution in [3.05, 3.63) is 95.5 Å². The van der Waals surface area contributed by atoms with Gasteiger partial charge in [-0.25, -0.2) is 4.79 Å². The molecule has 0 aliphatic heterocycles. The second kappa shape index (κ2) is 7.54. The molecule has 5 nitrogen and oxygen atoms in total. The van der Waals surface area contributed by atoms with Crippen molar-refractivity contribution in [3.63, 3.8) is 0 Å². The van der Waals surface area contributed by atoms with E-state index in [1.165, 1.54) is 0 Å². The Kier molecular flexibility index (Phi) is 4.58. The number of aromatic amines is 1. The van der Waals surface area contributed by atoms with E-state index in [9.17, 15) is 4.79 Å². The molecule has 0 aliphatic carbocycles. The number of halogens is 1. The van der Waals surface area contributed by atoms with Crippen LogP contribution in [0.5, 0.6) is 0 Å². The van der Waals surface area contributed by atoms with Gasteiger partial charge in [-0.15, -0.1) is 0 Å². The number of nitrogens with one attached hydrogen (secondary N) is 2. The van der Waals surface area contributed by atoms with Gasteiger partial charge >= 0.3 is 6.03 Å². The molecule has 0 spiro atoms. The van der Waals surface area contributed by atoms with Crippen LogP contribution in [0.4, 0.5) is 10.5 Å². The van der Waals surface area contributed by atoms with Crippen molar-refractivity contribution in [2.75, 3.05) is 5.32 Å². The number of anilines is 1. The Morgan fingerprint density at radius 3 is 2.43 bits per heavy atom. The highest BCUT2D eigenvalue weighted by atomic mass is 35.5. The maximum atomic E-state index is 12.6. The van der Waals surface area contributed by atoms with Crippen LogP contribution < -0.4 is 10.9 Å².